The maximum atomic E-state index is 5.20. The van der Waals surface area contributed by atoms with E-state index in [0.29, 0.717) is 5.88 Å². The molecule has 0 N–H and O–H groups in total. The van der Waals surface area contributed by atoms with Crippen molar-refractivity contribution in [2.75, 3.05) is 44.4 Å². The van der Waals surface area contributed by atoms with E-state index in [1.54, 1.807) is 18.4 Å². The fourth-order valence-electron chi connectivity index (χ4n) is 3.26. The minimum absolute atomic E-state index is 0.647. The van der Waals surface area contributed by atoms with Crippen LogP contribution in [0.1, 0.15) is 5.01 Å². The quantitative estimate of drug-likeness (QED) is 0.622. The zero-order valence-electron chi connectivity index (χ0n) is 15.0. The predicted molar refractivity (Wildman–Crippen MR) is 110 cm³/mol. The summed E-state index contributed by atoms with van der Waals surface area (Å²) >= 11 is 3.48. The SMILES string of the molecule is COc1ccc2nc(CN3CCN(c4ccccc4SC)CC3)sc2n1. The van der Waals surface area contributed by atoms with Crippen molar-refractivity contribution in [2.45, 2.75) is 11.4 Å². The normalized spacial score (nSPS) is 15.5. The summed E-state index contributed by atoms with van der Waals surface area (Å²) in [6.07, 6.45) is 2.14. The first-order valence-corrected chi connectivity index (χ1v) is 10.7. The molecule has 0 atom stereocenters. The van der Waals surface area contributed by atoms with Crippen molar-refractivity contribution in [1.29, 1.82) is 0 Å². The number of benzene rings is 1. The van der Waals surface area contributed by atoms with Crippen LogP contribution in [-0.4, -0.2) is 54.4 Å². The maximum absolute atomic E-state index is 5.20. The van der Waals surface area contributed by atoms with Crippen molar-refractivity contribution in [1.82, 2.24) is 14.9 Å². The number of rotatable bonds is 5. The molecule has 1 saturated heterocycles. The Hall–Kier alpha value is -1.83. The highest BCUT2D eigenvalue weighted by Crippen LogP contribution is 2.29. The predicted octanol–water partition coefficient (Wildman–Crippen LogP) is 3.74. The summed E-state index contributed by atoms with van der Waals surface area (Å²) in [6.45, 7) is 5.09. The van der Waals surface area contributed by atoms with Gasteiger partial charge in [0.25, 0.3) is 0 Å². The first kappa shape index (κ1) is 17.6. The molecule has 5 nitrogen and oxygen atoms in total. The first-order valence-electron chi connectivity index (χ1n) is 8.67. The molecular formula is C19H22N4OS2. The highest BCUT2D eigenvalue weighted by Gasteiger charge is 2.20. The van der Waals surface area contributed by atoms with Gasteiger partial charge in [0.05, 0.1) is 19.3 Å². The van der Waals surface area contributed by atoms with Crippen molar-refractivity contribution in [2.24, 2.45) is 0 Å². The maximum Gasteiger partial charge on any atom is 0.214 e. The van der Waals surface area contributed by atoms with Crippen LogP contribution in [0, 0.1) is 0 Å². The third-order valence-electron chi connectivity index (χ3n) is 4.64. The van der Waals surface area contributed by atoms with Crippen LogP contribution in [0.3, 0.4) is 0 Å². The molecule has 3 aromatic rings. The summed E-state index contributed by atoms with van der Waals surface area (Å²) in [5.41, 5.74) is 2.31. The van der Waals surface area contributed by atoms with Gasteiger partial charge < -0.3 is 9.64 Å². The van der Waals surface area contributed by atoms with Gasteiger partial charge in [0.1, 0.15) is 15.4 Å². The number of piperazine rings is 1. The molecule has 1 aliphatic heterocycles. The molecule has 26 heavy (non-hydrogen) atoms. The van der Waals surface area contributed by atoms with E-state index in [9.17, 15) is 0 Å². The Kier molecular flexibility index (Phi) is 5.28. The van der Waals surface area contributed by atoms with Gasteiger partial charge in [-0.2, -0.15) is 0 Å². The van der Waals surface area contributed by atoms with E-state index in [0.717, 1.165) is 48.1 Å². The van der Waals surface area contributed by atoms with E-state index in [1.165, 1.54) is 10.6 Å². The minimum atomic E-state index is 0.647. The van der Waals surface area contributed by atoms with Crippen LogP contribution in [0.4, 0.5) is 5.69 Å². The van der Waals surface area contributed by atoms with Gasteiger partial charge in [-0.1, -0.05) is 23.5 Å². The third-order valence-corrected chi connectivity index (χ3v) is 6.38. The number of para-hydroxylation sites is 1. The lowest BCUT2D eigenvalue weighted by molar-refractivity contribution is 0.249. The van der Waals surface area contributed by atoms with Gasteiger partial charge in [-0.15, -0.1) is 11.8 Å². The summed E-state index contributed by atoms with van der Waals surface area (Å²) in [4.78, 5) is 16.5. The van der Waals surface area contributed by atoms with Gasteiger partial charge in [0, 0.05) is 37.1 Å². The van der Waals surface area contributed by atoms with Crippen LogP contribution in [0.5, 0.6) is 5.88 Å². The van der Waals surface area contributed by atoms with E-state index in [4.69, 9.17) is 9.72 Å². The number of hydrogen-bond donors (Lipinski definition) is 0. The molecular weight excluding hydrogens is 364 g/mol. The van der Waals surface area contributed by atoms with Gasteiger partial charge in [-0.3, -0.25) is 4.90 Å². The molecule has 0 unspecified atom stereocenters. The lowest BCUT2D eigenvalue weighted by atomic mass is 10.2. The number of ether oxygens (including phenoxy) is 1. The topological polar surface area (TPSA) is 41.5 Å². The van der Waals surface area contributed by atoms with Crippen molar-refractivity contribution in [3.8, 4) is 5.88 Å². The summed E-state index contributed by atoms with van der Waals surface area (Å²) in [6, 6.07) is 12.5. The number of nitrogens with zero attached hydrogens (tertiary/aromatic N) is 4. The Morgan fingerprint density at radius 2 is 1.88 bits per heavy atom. The highest BCUT2D eigenvalue weighted by molar-refractivity contribution is 7.98. The number of thioether (sulfide) groups is 1. The zero-order chi connectivity index (χ0) is 17.9. The van der Waals surface area contributed by atoms with E-state index < -0.39 is 0 Å². The standard InChI is InChI=1S/C19H22N4OS2/c1-24-17-8-7-14-19(21-17)26-18(20-14)13-22-9-11-23(12-10-22)15-5-3-4-6-16(15)25-2/h3-8H,9-13H2,1-2H3. The zero-order valence-corrected chi connectivity index (χ0v) is 16.6. The first-order chi connectivity index (χ1) is 12.8. The van der Waals surface area contributed by atoms with Gasteiger partial charge in [0.15, 0.2) is 0 Å². The fraction of sp³-hybridized carbons (Fsp3) is 0.368. The average Bonchev–Trinajstić information content (AvgIpc) is 3.09. The smallest absolute Gasteiger partial charge is 0.214 e. The molecule has 7 heteroatoms. The number of fused-ring (bicyclic) bond motifs is 1. The van der Waals surface area contributed by atoms with Crippen molar-refractivity contribution in [3.63, 3.8) is 0 Å². The van der Waals surface area contributed by atoms with E-state index in [-0.39, 0.29) is 0 Å². The van der Waals surface area contributed by atoms with E-state index in [1.807, 2.05) is 23.9 Å². The number of pyridine rings is 1. The molecule has 3 heterocycles. The molecule has 0 saturated carbocycles. The summed E-state index contributed by atoms with van der Waals surface area (Å²) in [5.74, 6) is 0.647. The molecule has 1 aliphatic rings. The average molecular weight is 387 g/mol. The summed E-state index contributed by atoms with van der Waals surface area (Å²) in [7, 11) is 1.64. The highest BCUT2D eigenvalue weighted by atomic mass is 32.2. The van der Waals surface area contributed by atoms with Gasteiger partial charge in [0.2, 0.25) is 5.88 Å². The number of aromatic nitrogens is 2. The number of hydrogen-bond acceptors (Lipinski definition) is 7. The van der Waals surface area contributed by atoms with Gasteiger partial charge in [-0.05, 0) is 24.5 Å². The van der Waals surface area contributed by atoms with Gasteiger partial charge >= 0.3 is 0 Å². The second kappa shape index (κ2) is 7.82. The van der Waals surface area contributed by atoms with Gasteiger partial charge in [-0.25, -0.2) is 9.97 Å². The van der Waals surface area contributed by atoms with Crippen LogP contribution in [0.15, 0.2) is 41.3 Å². The lowest BCUT2D eigenvalue weighted by Crippen LogP contribution is -2.46. The van der Waals surface area contributed by atoms with Crippen LogP contribution < -0.4 is 9.64 Å². The number of methoxy groups -OCH3 is 1. The molecule has 1 fully saturated rings. The van der Waals surface area contributed by atoms with Crippen LogP contribution in [0.25, 0.3) is 10.3 Å². The lowest BCUT2D eigenvalue weighted by Gasteiger charge is -2.36. The molecule has 0 spiro atoms. The van der Waals surface area contributed by atoms with Crippen molar-refractivity contribution >= 4 is 39.1 Å². The van der Waals surface area contributed by atoms with Crippen LogP contribution >= 0.6 is 23.1 Å². The van der Waals surface area contributed by atoms with Crippen LogP contribution in [0.2, 0.25) is 0 Å². The molecule has 0 radical (unpaired) electrons. The third kappa shape index (κ3) is 3.65. The molecule has 136 valence electrons. The molecule has 0 amide bonds. The summed E-state index contributed by atoms with van der Waals surface area (Å²) < 4.78 is 5.20. The Labute approximate surface area is 162 Å². The molecule has 0 aliphatic carbocycles. The number of anilines is 1. The summed E-state index contributed by atoms with van der Waals surface area (Å²) in [5, 5.41) is 1.12. The van der Waals surface area contributed by atoms with E-state index in [2.05, 4.69) is 45.3 Å². The Morgan fingerprint density at radius 3 is 2.65 bits per heavy atom. The fourth-order valence-corrected chi connectivity index (χ4v) is 4.84. The second-order valence-corrected chi connectivity index (χ2v) is 8.13. The number of thiazole rings is 1. The second-order valence-electron chi connectivity index (χ2n) is 6.22. The van der Waals surface area contributed by atoms with Crippen molar-refractivity contribution in [3.05, 3.63) is 41.4 Å². The monoisotopic (exact) mass is 386 g/mol. The van der Waals surface area contributed by atoms with Crippen molar-refractivity contribution < 1.29 is 4.74 Å². The molecule has 2 aromatic heterocycles. The minimum Gasteiger partial charge on any atom is -0.481 e. The Balaban J connectivity index is 1.41. The molecule has 0 bridgehead atoms. The molecule has 4 rings (SSSR count). The Morgan fingerprint density at radius 1 is 1.08 bits per heavy atom. The largest absolute Gasteiger partial charge is 0.481 e. The molecule has 1 aromatic carbocycles. The van der Waals surface area contributed by atoms with E-state index >= 15 is 0 Å². The Bertz CT molecular complexity index is 890. The van der Waals surface area contributed by atoms with Crippen LogP contribution in [-0.2, 0) is 6.54 Å².